The number of carbonyl (C=O) groups is 1. The summed E-state index contributed by atoms with van der Waals surface area (Å²) in [5.74, 6) is -1.80. The fraction of sp³-hybridized carbons (Fsp3) is 0.917. The summed E-state index contributed by atoms with van der Waals surface area (Å²) in [5.41, 5.74) is 0. The molecular formula is C12H22F3NO2. The van der Waals surface area contributed by atoms with Gasteiger partial charge in [0.15, 0.2) is 0 Å². The SMILES string of the molecule is CCCCCCCN(CCCO)C(=O)C(F)(F)F. The predicted molar refractivity (Wildman–Crippen MR) is 63.1 cm³/mol. The van der Waals surface area contributed by atoms with Crippen LogP contribution >= 0.6 is 0 Å². The molecule has 3 nitrogen and oxygen atoms in total. The summed E-state index contributed by atoms with van der Waals surface area (Å²) in [4.78, 5) is 11.9. The van der Waals surface area contributed by atoms with Crippen LogP contribution in [0.5, 0.6) is 0 Å². The molecule has 18 heavy (non-hydrogen) atoms. The van der Waals surface area contributed by atoms with E-state index in [1.165, 1.54) is 0 Å². The highest BCUT2D eigenvalue weighted by molar-refractivity contribution is 5.81. The second kappa shape index (κ2) is 9.19. The Hall–Kier alpha value is -0.780. The topological polar surface area (TPSA) is 40.5 Å². The second-order valence-corrected chi connectivity index (χ2v) is 4.28. The molecule has 0 aliphatic rings. The van der Waals surface area contributed by atoms with Gasteiger partial charge in [0.05, 0.1) is 0 Å². The molecule has 0 unspecified atom stereocenters. The van der Waals surface area contributed by atoms with Crippen LogP contribution in [0.1, 0.15) is 45.4 Å². The molecule has 0 bridgehead atoms. The number of unbranched alkanes of at least 4 members (excludes halogenated alkanes) is 4. The third kappa shape index (κ3) is 7.53. The van der Waals surface area contributed by atoms with Crippen LogP contribution in [0, 0.1) is 0 Å². The molecule has 0 aromatic heterocycles. The van der Waals surface area contributed by atoms with Crippen molar-refractivity contribution in [3.05, 3.63) is 0 Å². The van der Waals surface area contributed by atoms with E-state index in [4.69, 9.17) is 5.11 Å². The van der Waals surface area contributed by atoms with Crippen molar-refractivity contribution in [3.63, 3.8) is 0 Å². The van der Waals surface area contributed by atoms with E-state index >= 15 is 0 Å². The second-order valence-electron chi connectivity index (χ2n) is 4.28. The van der Waals surface area contributed by atoms with E-state index in [-0.39, 0.29) is 26.1 Å². The molecule has 0 aliphatic heterocycles. The molecule has 0 rings (SSSR count). The maximum atomic E-state index is 12.3. The van der Waals surface area contributed by atoms with Gasteiger partial charge in [-0.15, -0.1) is 0 Å². The van der Waals surface area contributed by atoms with Gasteiger partial charge in [-0.3, -0.25) is 4.79 Å². The lowest BCUT2D eigenvalue weighted by Gasteiger charge is -2.23. The van der Waals surface area contributed by atoms with E-state index in [9.17, 15) is 18.0 Å². The number of hydrogen-bond donors (Lipinski definition) is 1. The quantitative estimate of drug-likeness (QED) is 0.654. The molecule has 0 aliphatic carbocycles. The average molecular weight is 269 g/mol. The minimum Gasteiger partial charge on any atom is -0.396 e. The Morgan fingerprint density at radius 3 is 2.11 bits per heavy atom. The van der Waals surface area contributed by atoms with Crippen molar-refractivity contribution in [1.29, 1.82) is 0 Å². The highest BCUT2D eigenvalue weighted by Crippen LogP contribution is 2.19. The van der Waals surface area contributed by atoms with Crippen LogP contribution in [0.15, 0.2) is 0 Å². The van der Waals surface area contributed by atoms with E-state index in [1.54, 1.807) is 0 Å². The number of carbonyl (C=O) groups excluding carboxylic acids is 1. The summed E-state index contributed by atoms with van der Waals surface area (Å²) < 4.78 is 36.9. The molecule has 1 amide bonds. The third-order valence-electron chi connectivity index (χ3n) is 2.65. The number of hydrogen-bond acceptors (Lipinski definition) is 2. The first-order valence-corrected chi connectivity index (χ1v) is 6.40. The first-order valence-electron chi connectivity index (χ1n) is 6.40. The van der Waals surface area contributed by atoms with Gasteiger partial charge in [0, 0.05) is 19.7 Å². The molecule has 0 atom stereocenters. The maximum Gasteiger partial charge on any atom is 0.471 e. The zero-order valence-electron chi connectivity index (χ0n) is 10.8. The summed E-state index contributed by atoms with van der Waals surface area (Å²) in [6, 6.07) is 0. The number of aliphatic hydroxyl groups excluding tert-OH is 1. The highest BCUT2D eigenvalue weighted by Gasteiger charge is 2.41. The van der Waals surface area contributed by atoms with Crippen molar-refractivity contribution in [2.45, 2.75) is 51.6 Å². The lowest BCUT2D eigenvalue weighted by molar-refractivity contribution is -0.185. The lowest BCUT2D eigenvalue weighted by Crippen LogP contribution is -2.42. The van der Waals surface area contributed by atoms with E-state index in [1.807, 2.05) is 0 Å². The molecule has 0 heterocycles. The van der Waals surface area contributed by atoms with Gasteiger partial charge in [-0.05, 0) is 12.8 Å². The fourth-order valence-corrected chi connectivity index (χ4v) is 1.66. The van der Waals surface area contributed by atoms with Gasteiger partial charge in [0.1, 0.15) is 0 Å². The van der Waals surface area contributed by atoms with Crippen LogP contribution in [-0.2, 0) is 4.79 Å². The van der Waals surface area contributed by atoms with Crippen molar-refractivity contribution in [3.8, 4) is 0 Å². The van der Waals surface area contributed by atoms with E-state index < -0.39 is 12.1 Å². The standard InChI is InChI=1S/C12H22F3NO2/c1-2-3-4-5-6-8-16(9-7-10-17)11(18)12(13,14)15/h17H,2-10H2,1H3. The normalized spacial score (nSPS) is 11.6. The summed E-state index contributed by atoms with van der Waals surface area (Å²) in [6.45, 7) is 1.92. The van der Waals surface area contributed by atoms with Crippen LogP contribution in [0.25, 0.3) is 0 Å². The van der Waals surface area contributed by atoms with Crippen LogP contribution in [-0.4, -0.2) is 41.8 Å². The zero-order valence-corrected chi connectivity index (χ0v) is 10.8. The van der Waals surface area contributed by atoms with Crippen LogP contribution in [0.3, 0.4) is 0 Å². The van der Waals surface area contributed by atoms with Gasteiger partial charge in [0.25, 0.3) is 0 Å². The van der Waals surface area contributed by atoms with E-state index in [0.717, 1.165) is 30.6 Å². The molecule has 0 radical (unpaired) electrons. The molecule has 0 saturated heterocycles. The summed E-state index contributed by atoms with van der Waals surface area (Å²) in [6.07, 6.45) is -0.137. The minimum atomic E-state index is -4.82. The molecule has 0 fully saturated rings. The number of amides is 1. The number of rotatable bonds is 9. The average Bonchev–Trinajstić information content (AvgIpc) is 2.30. The van der Waals surface area contributed by atoms with Crippen LogP contribution in [0.4, 0.5) is 13.2 Å². The first kappa shape index (κ1) is 17.2. The summed E-state index contributed by atoms with van der Waals surface area (Å²) >= 11 is 0. The maximum absolute atomic E-state index is 12.3. The van der Waals surface area contributed by atoms with Gasteiger partial charge in [-0.25, -0.2) is 0 Å². The summed E-state index contributed by atoms with van der Waals surface area (Å²) in [7, 11) is 0. The monoisotopic (exact) mass is 269 g/mol. The van der Waals surface area contributed by atoms with Crippen molar-refractivity contribution in [2.24, 2.45) is 0 Å². The molecule has 108 valence electrons. The van der Waals surface area contributed by atoms with Gasteiger partial charge >= 0.3 is 12.1 Å². The fourth-order valence-electron chi connectivity index (χ4n) is 1.66. The van der Waals surface area contributed by atoms with Crippen LogP contribution < -0.4 is 0 Å². The molecule has 0 saturated carbocycles. The molecular weight excluding hydrogens is 247 g/mol. The number of alkyl halides is 3. The highest BCUT2D eigenvalue weighted by atomic mass is 19.4. The van der Waals surface area contributed by atoms with Crippen molar-refractivity contribution in [1.82, 2.24) is 4.90 Å². The summed E-state index contributed by atoms with van der Waals surface area (Å²) in [5, 5.41) is 8.62. The molecule has 1 N–H and O–H groups in total. The Kier molecular flexibility index (Phi) is 8.79. The van der Waals surface area contributed by atoms with Gasteiger partial charge in [-0.2, -0.15) is 13.2 Å². The first-order chi connectivity index (χ1) is 8.43. The molecule has 6 heteroatoms. The van der Waals surface area contributed by atoms with Gasteiger partial charge in [0.2, 0.25) is 0 Å². The zero-order chi connectivity index (χ0) is 14.0. The van der Waals surface area contributed by atoms with Gasteiger partial charge < -0.3 is 10.0 Å². The smallest absolute Gasteiger partial charge is 0.396 e. The van der Waals surface area contributed by atoms with Crippen molar-refractivity contribution >= 4 is 5.91 Å². The van der Waals surface area contributed by atoms with Crippen molar-refractivity contribution in [2.75, 3.05) is 19.7 Å². The Labute approximate surface area is 106 Å². The minimum absolute atomic E-state index is 0.0391. The number of halogens is 3. The molecule has 0 spiro atoms. The molecule has 0 aromatic carbocycles. The largest absolute Gasteiger partial charge is 0.471 e. The Balaban J connectivity index is 4.11. The Morgan fingerprint density at radius 1 is 1.06 bits per heavy atom. The number of nitrogens with zero attached hydrogens (tertiary/aromatic N) is 1. The Morgan fingerprint density at radius 2 is 1.61 bits per heavy atom. The van der Waals surface area contributed by atoms with E-state index in [2.05, 4.69) is 6.92 Å². The van der Waals surface area contributed by atoms with Crippen LogP contribution in [0.2, 0.25) is 0 Å². The third-order valence-corrected chi connectivity index (χ3v) is 2.65. The van der Waals surface area contributed by atoms with Crippen molar-refractivity contribution < 1.29 is 23.1 Å². The van der Waals surface area contributed by atoms with E-state index in [0.29, 0.717) is 6.42 Å². The Bertz CT molecular complexity index is 232. The van der Waals surface area contributed by atoms with Gasteiger partial charge in [-0.1, -0.05) is 32.6 Å². The number of aliphatic hydroxyl groups is 1. The predicted octanol–water partition coefficient (Wildman–Crippen LogP) is 2.73. The lowest BCUT2D eigenvalue weighted by atomic mass is 10.1. The molecule has 0 aromatic rings.